The van der Waals surface area contributed by atoms with E-state index in [1.165, 1.54) is 11.8 Å². The Kier molecular flexibility index (Phi) is 6.31. The number of rotatable bonds is 5. The number of hydrogen-bond acceptors (Lipinski definition) is 5. The van der Waals surface area contributed by atoms with E-state index in [-0.39, 0.29) is 23.3 Å². The normalized spacial score (nSPS) is 16.1. The molecule has 3 rings (SSSR count). The van der Waals surface area contributed by atoms with Gasteiger partial charge in [0.05, 0.1) is 22.7 Å². The number of halogens is 1. The summed E-state index contributed by atoms with van der Waals surface area (Å²) in [5.74, 6) is -0.126. The van der Waals surface area contributed by atoms with Crippen LogP contribution in [0.3, 0.4) is 0 Å². The van der Waals surface area contributed by atoms with Crippen LogP contribution in [0, 0.1) is 11.3 Å². The van der Waals surface area contributed by atoms with E-state index in [0.717, 1.165) is 19.3 Å². The van der Waals surface area contributed by atoms with Crippen molar-refractivity contribution in [1.29, 1.82) is 5.26 Å². The molecule has 1 amide bonds. The molecular formula is C20H23ClN4O2S. The highest BCUT2D eigenvalue weighted by molar-refractivity contribution is 7.99. The van der Waals surface area contributed by atoms with Gasteiger partial charge in [0.2, 0.25) is 5.91 Å². The van der Waals surface area contributed by atoms with Gasteiger partial charge in [-0.3, -0.25) is 14.2 Å². The van der Waals surface area contributed by atoms with E-state index in [4.69, 9.17) is 11.6 Å². The molecule has 1 saturated carbocycles. The van der Waals surface area contributed by atoms with Gasteiger partial charge in [-0.1, -0.05) is 42.6 Å². The van der Waals surface area contributed by atoms with Crippen LogP contribution >= 0.6 is 23.4 Å². The van der Waals surface area contributed by atoms with Crippen LogP contribution in [0.4, 0.5) is 0 Å². The summed E-state index contributed by atoms with van der Waals surface area (Å²) in [4.78, 5) is 30.0. The molecule has 1 aromatic carbocycles. The van der Waals surface area contributed by atoms with Gasteiger partial charge in [-0.25, -0.2) is 4.98 Å². The van der Waals surface area contributed by atoms with E-state index < -0.39 is 5.54 Å². The average Bonchev–Trinajstić information content (AvgIpc) is 2.66. The van der Waals surface area contributed by atoms with E-state index in [2.05, 4.69) is 16.4 Å². The Labute approximate surface area is 173 Å². The third kappa shape index (κ3) is 4.34. The number of carbonyl (C=O) groups is 1. The Balaban J connectivity index is 1.83. The average molecular weight is 419 g/mol. The summed E-state index contributed by atoms with van der Waals surface area (Å²) < 4.78 is 1.59. The Morgan fingerprint density at radius 3 is 2.75 bits per heavy atom. The van der Waals surface area contributed by atoms with Crippen molar-refractivity contribution in [2.24, 2.45) is 0 Å². The fraction of sp³-hybridized carbons (Fsp3) is 0.500. The number of amides is 1. The van der Waals surface area contributed by atoms with E-state index in [1.54, 1.807) is 22.8 Å². The zero-order valence-corrected chi connectivity index (χ0v) is 17.6. The SMILES string of the molecule is CC(C)n1c(SCC(=O)NC2(C#N)CCCCC2)nc2cc(Cl)ccc2c1=O. The molecule has 148 valence electrons. The maximum atomic E-state index is 12.9. The monoisotopic (exact) mass is 418 g/mol. The minimum atomic E-state index is -0.766. The van der Waals surface area contributed by atoms with Crippen molar-refractivity contribution in [2.75, 3.05) is 5.75 Å². The maximum absolute atomic E-state index is 12.9. The highest BCUT2D eigenvalue weighted by Crippen LogP contribution is 2.28. The lowest BCUT2D eigenvalue weighted by molar-refractivity contribution is -0.120. The van der Waals surface area contributed by atoms with Crippen molar-refractivity contribution in [2.45, 2.75) is 62.7 Å². The highest BCUT2D eigenvalue weighted by Gasteiger charge is 2.33. The van der Waals surface area contributed by atoms with E-state index in [9.17, 15) is 14.9 Å². The predicted molar refractivity (Wildman–Crippen MR) is 112 cm³/mol. The van der Waals surface area contributed by atoms with Gasteiger partial charge >= 0.3 is 0 Å². The van der Waals surface area contributed by atoms with Gasteiger partial charge in [-0.15, -0.1) is 0 Å². The number of fused-ring (bicyclic) bond motifs is 1. The smallest absolute Gasteiger partial charge is 0.262 e. The predicted octanol–water partition coefficient (Wildman–Crippen LogP) is 4.07. The molecule has 1 heterocycles. The summed E-state index contributed by atoms with van der Waals surface area (Å²) in [5, 5.41) is 13.9. The summed E-state index contributed by atoms with van der Waals surface area (Å²) in [6.07, 6.45) is 4.35. The standard InChI is InChI=1S/C20H23ClN4O2S/c1-13(2)25-18(27)15-7-6-14(21)10-16(15)23-19(25)28-11-17(26)24-20(12-22)8-4-3-5-9-20/h6-7,10,13H,3-5,8-9,11H2,1-2H3,(H,24,26). The molecule has 1 aliphatic carbocycles. The number of nitrogens with zero attached hydrogens (tertiary/aromatic N) is 3. The molecule has 28 heavy (non-hydrogen) atoms. The zero-order chi connectivity index (χ0) is 20.3. The van der Waals surface area contributed by atoms with Crippen molar-refractivity contribution in [3.63, 3.8) is 0 Å². The van der Waals surface area contributed by atoms with Crippen LogP contribution in [-0.2, 0) is 4.79 Å². The molecule has 1 N–H and O–H groups in total. The number of aromatic nitrogens is 2. The molecule has 0 bridgehead atoms. The third-order valence-electron chi connectivity index (χ3n) is 4.98. The van der Waals surface area contributed by atoms with Crippen LogP contribution in [-0.4, -0.2) is 26.8 Å². The largest absolute Gasteiger partial charge is 0.337 e. The molecule has 0 unspecified atom stereocenters. The maximum Gasteiger partial charge on any atom is 0.262 e. The van der Waals surface area contributed by atoms with E-state index in [1.807, 2.05) is 13.8 Å². The van der Waals surface area contributed by atoms with Gasteiger partial charge in [0.25, 0.3) is 5.56 Å². The molecule has 8 heteroatoms. The lowest BCUT2D eigenvalue weighted by Gasteiger charge is -2.31. The summed E-state index contributed by atoms with van der Waals surface area (Å²) in [6, 6.07) is 7.18. The minimum Gasteiger partial charge on any atom is -0.337 e. The quantitative estimate of drug-likeness (QED) is 0.584. The van der Waals surface area contributed by atoms with Crippen LogP contribution in [0.5, 0.6) is 0 Å². The number of carbonyl (C=O) groups excluding carboxylic acids is 1. The second-order valence-corrected chi connectivity index (χ2v) is 8.80. The molecule has 1 fully saturated rings. The van der Waals surface area contributed by atoms with Crippen molar-refractivity contribution in [1.82, 2.24) is 14.9 Å². The molecular weight excluding hydrogens is 396 g/mol. The van der Waals surface area contributed by atoms with Gasteiger partial charge in [0, 0.05) is 11.1 Å². The summed E-state index contributed by atoms with van der Waals surface area (Å²) in [5.41, 5.74) is -0.406. The molecule has 0 radical (unpaired) electrons. The second-order valence-electron chi connectivity index (χ2n) is 7.42. The van der Waals surface area contributed by atoms with Gasteiger partial charge in [-0.2, -0.15) is 5.26 Å². The first-order valence-electron chi connectivity index (χ1n) is 9.42. The lowest BCUT2D eigenvalue weighted by Crippen LogP contribution is -2.49. The fourth-order valence-corrected chi connectivity index (χ4v) is 4.66. The minimum absolute atomic E-state index is 0.0919. The number of nitriles is 1. The summed E-state index contributed by atoms with van der Waals surface area (Å²) >= 11 is 7.25. The van der Waals surface area contributed by atoms with Gasteiger partial charge in [-0.05, 0) is 44.9 Å². The first kappa shape index (κ1) is 20.7. The number of benzene rings is 1. The highest BCUT2D eigenvalue weighted by atomic mass is 35.5. The Morgan fingerprint density at radius 2 is 2.11 bits per heavy atom. The molecule has 0 aliphatic heterocycles. The van der Waals surface area contributed by atoms with E-state index in [0.29, 0.717) is 33.9 Å². The van der Waals surface area contributed by atoms with Gasteiger partial charge < -0.3 is 5.32 Å². The number of hydrogen-bond donors (Lipinski definition) is 1. The van der Waals surface area contributed by atoms with Crippen molar-refractivity contribution < 1.29 is 4.79 Å². The van der Waals surface area contributed by atoms with Crippen LogP contribution in [0.15, 0.2) is 28.2 Å². The third-order valence-corrected chi connectivity index (χ3v) is 6.17. The second kappa shape index (κ2) is 8.54. The number of thioether (sulfide) groups is 1. The Hall–Kier alpha value is -2.04. The molecule has 0 atom stereocenters. The van der Waals surface area contributed by atoms with Crippen LogP contribution < -0.4 is 10.9 Å². The lowest BCUT2D eigenvalue weighted by atomic mass is 9.83. The first-order valence-corrected chi connectivity index (χ1v) is 10.8. The van der Waals surface area contributed by atoms with Crippen molar-refractivity contribution in [3.8, 4) is 6.07 Å². The molecule has 6 nitrogen and oxygen atoms in total. The summed E-state index contributed by atoms with van der Waals surface area (Å²) in [6.45, 7) is 3.81. The van der Waals surface area contributed by atoms with E-state index >= 15 is 0 Å². The zero-order valence-electron chi connectivity index (χ0n) is 16.0. The Morgan fingerprint density at radius 1 is 1.39 bits per heavy atom. The van der Waals surface area contributed by atoms with Crippen LogP contribution in [0.2, 0.25) is 5.02 Å². The van der Waals surface area contributed by atoms with Crippen molar-refractivity contribution in [3.05, 3.63) is 33.6 Å². The molecule has 2 aromatic rings. The topological polar surface area (TPSA) is 87.8 Å². The van der Waals surface area contributed by atoms with Gasteiger partial charge in [0.1, 0.15) is 5.54 Å². The van der Waals surface area contributed by atoms with Crippen molar-refractivity contribution >= 4 is 40.2 Å². The molecule has 1 aromatic heterocycles. The summed E-state index contributed by atoms with van der Waals surface area (Å²) in [7, 11) is 0. The van der Waals surface area contributed by atoms with Crippen LogP contribution in [0.25, 0.3) is 10.9 Å². The van der Waals surface area contributed by atoms with Gasteiger partial charge in [0.15, 0.2) is 5.16 Å². The fourth-order valence-electron chi connectivity index (χ4n) is 3.56. The molecule has 1 aliphatic rings. The molecule has 0 saturated heterocycles. The van der Waals surface area contributed by atoms with Crippen LogP contribution in [0.1, 0.15) is 52.0 Å². The number of nitrogens with one attached hydrogen (secondary N) is 1. The first-order chi connectivity index (χ1) is 13.3. The Bertz CT molecular complexity index is 990. The molecule has 0 spiro atoms.